The number of amides is 1. The molecule has 3 N–H and O–H groups in total. The lowest BCUT2D eigenvalue weighted by Gasteiger charge is -2.10. The number of nitrogens with one attached hydrogen (secondary N) is 1. The molecule has 4 aromatic rings. The topological polar surface area (TPSA) is 72.9 Å². The number of nitrogens with zero attached hydrogens (tertiary/aromatic N) is 2. The fourth-order valence-electron chi connectivity index (χ4n) is 3.13. The average molecular weight is 377 g/mol. The van der Waals surface area contributed by atoms with Crippen molar-refractivity contribution in [2.45, 2.75) is 0 Å². The van der Waals surface area contributed by atoms with Gasteiger partial charge >= 0.3 is 0 Å². The number of hydrogen-bond donors (Lipinski definition) is 2. The van der Waals surface area contributed by atoms with Crippen molar-refractivity contribution in [2.75, 3.05) is 11.1 Å². The first kappa shape index (κ1) is 17.1. The smallest absolute Gasteiger partial charge is 0.256 e. The molecule has 0 bridgehead atoms. The molecule has 0 saturated carbocycles. The second-order valence-electron chi connectivity index (χ2n) is 6.24. The first-order valence-corrected chi connectivity index (χ1v) is 8.79. The molecule has 134 valence electrons. The summed E-state index contributed by atoms with van der Waals surface area (Å²) in [4.78, 5) is 16.7. The third-order valence-electron chi connectivity index (χ3n) is 4.48. The van der Waals surface area contributed by atoms with E-state index in [0.717, 1.165) is 22.2 Å². The van der Waals surface area contributed by atoms with Gasteiger partial charge in [0.2, 0.25) is 0 Å². The van der Waals surface area contributed by atoms with Gasteiger partial charge in [0, 0.05) is 34.1 Å². The summed E-state index contributed by atoms with van der Waals surface area (Å²) >= 11 is 5.94. The molecule has 0 fully saturated rings. The molecular weight excluding hydrogens is 360 g/mol. The number of pyridine rings is 1. The Morgan fingerprint density at radius 1 is 1.07 bits per heavy atom. The normalized spacial score (nSPS) is 10.9. The van der Waals surface area contributed by atoms with E-state index in [9.17, 15) is 4.79 Å². The lowest BCUT2D eigenvalue weighted by molar-refractivity contribution is 0.102. The average Bonchev–Trinajstić information content (AvgIpc) is 2.99. The minimum atomic E-state index is -0.290. The van der Waals surface area contributed by atoms with Gasteiger partial charge in [-0.1, -0.05) is 35.9 Å². The number of benzene rings is 2. The monoisotopic (exact) mass is 376 g/mol. The molecule has 0 aliphatic rings. The summed E-state index contributed by atoms with van der Waals surface area (Å²) in [7, 11) is 1.99. The summed E-state index contributed by atoms with van der Waals surface area (Å²) < 4.78 is 2.08. The minimum absolute atomic E-state index is 0.290. The van der Waals surface area contributed by atoms with Crippen LogP contribution in [0.1, 0.15) is 10.4 Å². The van der Waals surface area contributed by atoms with Crippen molar-refractivity contribution in [3.05, 3.63) is 77.3 Å². The Morgan fingerprint density at radius 3 is 2.63 bits per heavy atom. The molecule has 0 aliphatic carbocycles. The van der Waals surface area contributed by atoms with Crippen LogP contribution < -0.4 is 11.1 Å². The number of aromatic nitrogens is 2. The standard InChI is InChI=1S/C21H17ClN4O/c1-26-17-8-3-2-5-13(17)12-18(26)16-9-10-19(24-20(16)23)25-21(27)14-6-4-7-15(22)11-14/h2-12H,1H3,(H3,23,24,25,27). The molecule has 1 amide bonds. The number of para-hydroxylation sites is 1. The van der Waals surface area contributed by atoms with E-state index in [1.165, 1.54) is 0 Å². The Balaban J connectivity index is 1.64. The summed E-state index contributed by atoms with van der Waals surface area (Å²) in [5, 5.41) is 4.38. The molecule has 2 heterocycles. The molecule has 0 atom stereocenters. The summed E-state index contributed by atoms with van der Waals surface area (Å²) in [5.41, 5.74) is 9.54. The molecule has 0 saturated heterocycles. The van der Waals surface area contributed by atoms with Crippen molar-refractivity contribution in [3.63, 3.8) is 0 Å². The highest BCUT2D eigenvalue weighted by molar-refractivity contribution is 6.31. The van der Waals surface area contributed by atoms with Crippen molar-refractivity contribution >= 4 is 40.0 Å². The van der Waals surface area contributed by atoms with Crippen LogP contribution in [0.25, 0.3) is 22.2 Å². The van der Waals surface area contributed by atoms with E-state index in [0.29, 0.717) is 22.2 Å². The fourth-order valence-corrected chi connectivity index (χ4v) is 3.32. The summed E-state index contributed by atoms with van der Waals surface area (Å²) in [6.07, 6.45) is 0. The van der Waals surface area contributed by atoms with Gasteiger partial charge in [-0.05, 0) is 42.5 Å². The maximum atomic E-state index is 12.3. The number of rotatable bonds is 3. The second kappa shape index (κ2) is 6.78. The maximum absolute atomic E-state index is 12.3. The van der Waals surface area contributed by atoms with Crippen molar-refractivity contribution in [1.29, 1.82) is 0 Å². The van der Waals surface area contributed by atoms with E-state index < -0.39 is 0 Å². The Hall–Kier alpha value is -3.31. The number of carbonyl (C=O) groups excluding carboxylic acids is 1. The summed E-state index contributed by atoms with van der Waals surface area (Å²) in [6, 6.07) is 20.5. The van der Waals surface area contributed by atoms with Crippen LogP contribution in [0.2, 0.25) is 5.02 Å². The predicted molar refractivity (Wildman–Crippen MR) is 110 cm³/mol. The predicted octanol–water partition coefficient (Wildman–Crippen LogP) is 4.73. The number of halogens is 1. The molecule has 0 spiro atoms. The van der Waals surface area contributed by atoms with E-state index in [2.05, 4.69) is 33.1 Å². The van der Waals surface area contributed by atoms with Crippen LogP contribution in [0.4, 0.5) is 11.6 Å². The second-order valence-corrected chi connectivity index (χ2v) is 6.68. The van der Waals surface area contributed by atoms with Gasteiger partial charge in [0.15, 0.2) is 0 Å². The molecule has 4 rings (SSSR count). The van der Waals surface area contributed by atoms with Crippen molar-refractivity contribution in [3.8, 4) is 11.3 Å². The van der Waals surface area contributed by atoms with Gasteiger partial charge < -0.3 is 15.6 Å². The number of fused-ring (bicyclic) bond motifs is 1. The molecule has 2 aromatic carbocycles. The van der Waals surface area contributed by atoms with Crippen LogP contribution in [-0.2, 0) is 7.05 Å². The third kappa shape index (κ3) is 3.25. The fraction of sp³-hybridized carbons (Fsp3) is 0.0476. The SMILES string of the molecule is Cn1c(-c2ccc(NC(=O)c3cccc(Cl)c3)nc2N)cc2ccccc21. The Kier molecular flexibility index (Phi) is 4.30. The molecule has 27 heavy (non-hydrogen) atoms. The number of nitrogens with two attached hydrogens (primary N) is 1. The molecular formula is C21H17ClN4O. The molecule has 0 unspecified atom stereocenters. The van der Waals surface area contributed by atoms with Crippen LogP contribution in [-0.4, -0.2) is 15.5 Å². The molecule has 5 nitrogen and oxygen atoms in total. The zero-order chi connectivity index (χ0) is 19.0. The minimum Gasteiger partial charge on any atom is -0.383 e. The number of nitrogen functional groups attached to an aromatic ring is 1. The summed E-state index contributed by atoms with van der Waals surface area (Å²) in [6.45, 7) is 0. The number of aryl methyl sites for hydroxylation is 1. The van der Waals surface area contributed by atoms with Crippen LogP contribution in [0.15, 0.2) is 66.7 Å². The van der Waals surface area contributed by atoms with Gasteiger partial charge in [-0.3, -0.25) is 4.79 Å². The van der Waals surface area contributed by atoms with Gasteiger partial charge in [0.05, 0.1) is 5.69 Å². The van der Waals surface area contributed by atoms with Gasteiger partial charge in [0.25, 0.3) is 5.91 Å². The van der Waals surface area contributed by atoms with Crippen LogP contribution in [0.5, 0.6) is 0 Å². The first-order chi connectivity index (χ1) is 13.0. The van der Waals surface area contributed by atoms with E-state index in [1.807, 2.05) is 25.2 Å². The highest BCUT2D eigenvalue weighted by Gasteiger charge is 2.13. The Bertz CT molecular complexity index is 1170. The highest BCUT2D eigenvalue weighted by atomic mass is 35.5. The lowest BCUT2D eigenvalue weighted by Crippen LogP contribution is -2.13. The van der Waals surface area contributed by atoms with E-state index in [4.69, 9.17) is 17.3 Å². The zero-order valence-electron chi connectivity index (χ0n) is 14.6. The maximum Gasteiger partial charge on any atom is 0.256 e. The Morgan fingerprint density at radius 2 is 1.89 bits per heavy atom. The first-order valence-electron chi connectivity index (χ1n) is 8.41. The molecule has 0 radical (unpaired) electrons. The zero-order valence-corrected chi connectivity index (χ0v) is 15.4. The van der Waals surface area contributed by atoms with Crippen molar-refractivity contribution < 1.29 is 4.79 Å². The third-order valence-corrected chi connectivity index (χ3v) is 4.72. The van der Waals surface area contributed by atoms with Crippen molar-refractivity contribution in [1.82, 2.24) is 9.55 Å². The number of anilines is 2. The highest BCUT2D eigenvalue weighted by Crippen LogP contribution is 2.31. The van der Waals surface area contributed by atoms with Crippen LogP contribution >= 0.6 is 11.6 Å². The quantitative estimate of drug-likeness (QED) is 0.543. The van der Waals surface area contributed by atoms with E-state index >= 15 is 0 Å². The Labute approximate surface area is 161 Å². The number of carbonyl (C=O) groups is 1. The summed E-state index contributed by atoms with van der Waals surface area (Å²) in [5.74, 6) is 0.451. The van der Waals surface area contributed by atoms with Gasteiger partial charge in [0.1, 0.15) is 11.6 Å². The largest absolute Gasteiger partial charge is 0.383 e. The van der Waals surface area contributed by atoms with E-state index in [-0.39, 0.29) is 5.91 Å². The van der Waals surface area contributed by atoms with Crippen molar-refractivity contribution in [2.24, 2.45) is 7.05 Å². The molecule has 0 aliphatic heterocycles. The molecule has 2 aromatic heterocycles. The lowest BCUT2D eigenvalue weighted by atomic mass is 10.1. The molecule has 6 heteroatoms. The number of hydrogen-bond acceptors (Lipinski definition) is 3. The van der Waals surface area contributed by atoms with E-state index in [1.54, 1.807) is 30.3 Å². The van der Waals surface area contributed by atoms with Gasteiger partial charge in [-0.25, -0.2) is 4.98 Å². The van der Waals surface area contributed by atoms with Crippen LogP contribution in [0, 0.1) is 0 Å². The van der Waals surface area contributed by atoms with Gasteiger partial charge in [-0.2, -0.15) is 0 Å². The van der Waals surface area contributed by atoms with Gasteiger partial charge in [-0.15, -0.1) is 0 Å². The van der Waals surface area contributed by atoms with Crippen LogP contribution in [0.3, 0.4) is 0 Å².